The maximum absolute atomic E-state index is 12.6. The summed E-state index contributed by atoms with van der Waals surface area (Å²) in [6, 6.07) is 0. The normalized spacial score (nSPS) is 10.6. The first-order valence-electron chi connectivity index (χ1n) is 5.16. The number of esters is 1. The zero-order valence-corrected chi connectivity index (χ0v) is 11.5. The van der Waals surface area contributed by atoms with Gasteiger partial charge in [0.15, 0.2) is 5.75 Å². The van der Waals surface area contributed by atoms with Gasteiger partial charge in [-0.3, -0.25) is 9.78 Å². The number of nitrogens with zero attached hydrogens (tertiary/aromatic N) is 1. The van der Waals surface area contributed by atoms with Crippen molar-refractivity contribution in [2.45, 2.75) is 19.8 Å². The molecule has 0 unspecified atom stereocenters. The Balaban J connectivity index is 3.07. The van der Waals surface area contributed by atoms with Crippen molar-refractivity contribution in [1.29, 1.82) is 0 Å². The van der Waals surface area contributed by atoms with E-state index in [2.05, 4.69) is 20.9 Å². The first-order chi connectivity index (χ1) is 8.51. The van der Waals surface area contributed by atoms with Gasteiger partial charge >= 0.3 is 5.97 Å². The van der Waals surface area contributed by atoms with Crippen molar-refractivity contribution < 1.29 is 23.0 Å². The SMILES string of the molecule is CCOC(=O)Cc1ncc(C(F)F)c(Br)c1OC. The standard InChI is InChI=1S/C11H12BrF2NO3/c1-3-18-8(16)4-7-10(17-2)9(12)6(5-15-7)11(13)14/h5,11H,3-4H2,1-2H3. The second kappa shape index (κ2) is 6.63. The summed E-state index contributed by atoms with van der Waals surface area (Å²) < 4.78 is 35.2. The second-order valence-corrected chi connectivity index (χ2v) is 4.08. The van der Waals surface area contributed by atoms with E-state index in [-0.39, 0.29) is 34.5 Å². The van der Waals surface area contributed by atoms with Crippen LogP contribution in [0.15, 0.2) is 10.7 Å². The van der Waals surface area contributed by atoms with E-state index in [0.29, 0.717) is 0 Å². The van der Waals surface area contributed by atoms with Crippen LogP contribution in [0.2, 0.25) is 0 Å². The molecule has 0 aromatic carbocycles. The summed E-state index contributed by atoms with van der Waals surface area (Å²) in [4.78, 5) is 15.1. The average Bonchev–Trinajstić information content (AvgIpc) is 2.29. The van der Waals surface area contributed by atoms with Crippen LogP contribution in [0.1, 0.15) is 24.6 Å². The van der Waals surface area contributed by atoms with E-state index in [1.54, 1.807) is 6.92 Å². The van der Waals surface area contributed by atoms with E-state index in [4.69, 9.17) is 9.47 Å². The minimum Gasteiger partial charge on any atom is -0.494 e. The van der Waals surface area contributed by atoms with Gasteiger partial charge in [0.1, 0.15) is 0 Å². The molecular weight excluding hydrogens is 312 g/mol. The Kier molecular flexibility index (Phi) is 5.46. The lowest BCUT2D eigenvalue weighted by Gasteiger charge is -2.12. The van der Waals surface area contributed by atoms with Gasteiger partial charge in [0, 0.05) is 6.20 Å². The first kappa shape index (κ1) is 14.8. The summed E-state index contributed by atoms with van der Waals surface area (Å²) in [6.07, 6.45) is -1.78. The summed E-state index contributed by atoms with van der Waals surface area (Å²) >= 11 is 3.02. The molecule has 0 amide bonds. The van der Waals surface area contributed by atoms with Crippen LogP contribution in [0.4, 0.5) is 8.78 Å². The minimum absolute atomic E-state index is 0.106. The topological polar surface area (TPSA) is 48.4 Å². The third-order valence-electron chi connectivity index (χ3n) is 2.13. The molecule has 18 heavy (non-hydrogen) atoms. The number of pyridine rings is 1. The largest absolute Gasteiger partial charge is 0.494 e. The number of aromatic nitrogens is 1. The fourth-order valence-corrected chi connectivity index (χ4v) is 2.02. The summed E-state index contributed by atoms with van der Waals surface area (Å²) in [5, 5.41) is 0. The van der Waals surface area contributed by atoms with Crippen molar-refractivity contribution in [2.75, 3.05) is 13.7 Å². The third-order valence-corrected chi connectivity index (χ3v) is 2.95. The van der Waals surface area contributed by atoms with E-state index in [1.807, 2.05) is 0 Å². The minimum atomic E-state index is -2.67. The highest BCUT2D eigenvalue weighted by Gasteiger charge is 2.21. The summed E-state index contributed by atoms with van der Waals surface area (Å²) in [5.41, 5.74) is -0.0216. The molecule has 0 saturated heterocycles. The second-order valence-electron chi connectivity index (χ2n) is 3.29. The maximum atomic E-state index is 12.6. The van der Waals surface area contributed by atoms with E-state index < -0.39 is 12.4 Å². The van der Waals surface area contributed by atoms with Gasteiger partial charge in [0.25, 0.3) is 6.43 Å². The summed E-state index contributed by atoms with van der Waals surface area (Å²) in [7, 11) is 1.33. The van der Waals surface area contributed by atoms with E-state index in [1.165, 1.54) is 7.11 Å². The molecule has 0 radical (unpaired) electrons. The van der Waals surface area contributed by atoms with Crippen LogP contribution in [-0.2, 0) is 16.0 Å². The molecule has 0 aliphatic rings. The molecule has 1 aromatic rings. The first-order valence-corrected chi connectivity index (χ1v) is 5.95. The molecule has 1 heterocycles. The quantitative estimate of drug-likeness (QED) is 0.782. The van der Waals surface area contributed by atoms with Gasteiger partial charge in [-0.2, -0.15) is 0 Å². The molecule has 0 aliphatic carbocycles. The Bertz CT molecular complexity index is 441. The van der Waals surface area contributed by atoms with Crippen molar-refractivity contribution in [3.05, 3.63) is 21.9 Å². The molecule has 7 heteroatoms. The smallest absolute Gasteiger partial charge is 0.312 e. The summed E-state index contributed by atoms with van der Waals surface area (Å²) in [5.74, 6) is -0.360. The molecule has 100 valence electrons. The van der Waals surface area contributed by atoms with Gasteiger partial charge in [-0.25, -0.2) is 8.78 Å². The molecule has 0 atom stereocenters. The van der Waals surface area contributed by atoms with Crippen molar-refractivity contribution in [3.63, 3.8) is 0 Å². The number of methoxy groups -OCH3 is 1. The summed E-state index contributed by atoms with van der Waals surface area (Å²) in [6.45, 7) is 1.93. The van der Waals surface area contributed by atoms with Crippen LogP contribution in [0.5, 0.6) is 5.75 Å². The fourth-order valence-electron chi connectivity index (χ4n) is 1.35. The van der Waals surface area contributed by atoms with Crippen molar-refractivity contribution in [1.82, 2.24) is 4.98 Å². The highest BCUT2D eigenvalue weighted by atomic mass is 79.9. The number of rotatable bonds is 5. The average molecular weight is 324 g/mol. The van der Waals surface area contributed by atoms with Gasteiger partial charge < -0.3 is 9.47 Å². The molecule has 0 fully saturated rings. The number of carbonyl (C=O) groups is 1. The molecule has 0 spiro atoms. The van der Waals surface area contributed by atoms with Crippen LogP contribution in [-0.4, -0.2) is 24.7 Å². The predicted molar refractivity (Wildman–Crippen MR) is 63.8 cm³/mol. The number of hydrogen-bond acceptors (Lipinski definition) is 4. The van der Waals surface area contributed by atoms with Crippen molar-refractivity contribution >= 4 is 21.9 Å². The number of hydrogen-bond donors (Lipinski definition) is 0. The van der Waals surface area contributed by atoms with Gasteiger partial charge in [0.2, 0.25) is 0 Å². The van der Waals surface area contributed by atoms with Gasteiger partial charge in [-0.05, 0) is 22.9 Å². The maximum Gasteiger partial charge on any atom is 0.312 e. The third kappa shape index (κ3) is 3.38. The number of halogens is 3. The lowest BCUT2D eigenvalue weighted by molar-refractivity contribution is -0.142. The molecule has 0 saturated carbocycles. The number of ether oxygens (including phenoxy) is 2. The molecule has 0 bridgehead atoms. The molecule has 1 rings (SSSR count). The Morgan fingerprint density at radius 3 is 2.72 bits per heavy atom. The molecule has 0 N–H and O–H groups in total. The van der Waals surface area contributed by atoms with Crippen LogP contribution in [0.25, 0.3) is 0 Å². The Morgan fingerprint density at radius 1 is 1.56 bits per heavy atom. The molecular formula is C11H12BrF2NO3. The monoisotopic (exact) mass is 323 g/mol. The van der Waals surface area contributed by atoms with Crippen molar-refractivity contribution in [3.8, 4) is 5.75 Å². The predicted octanol–water partition coefficient (Wildman–Crippen LogP) is 2.90. The lowest BCUT2D eigenvalue weighted by atomic mass is 10.2. The molecule has 0 aliphatic heterocycles. The Morgan fingerprint density at radius 2 is 2.22 bits per heavy atom. The number of alkyl halides is 2. The molecule has 1 aromatic heterocycles. The van der Waals surface area contributed by atoms with Crippen LogP contribution < -0.4 is 4.74 Å². The highest BCUT2D eigenvalue weighted by Crippen LogP contribution is 2.36. The van der Waals surface area contributed by atoms with Gasteiger partial charge in [-0.1, -0.05) is 0 Å². The van der Waals surface area contributed by atoms with Crippen molar-refractivity contribution in [2.24, 2.45) is 0 Å². The molecule has 4 nitrogen and oxygen atoms in total. The zero-order chi connectivity index (χ0) is 13.7. The Labute approximate surface area is 111 Å². The van der Waals surface area contributed by atoms with Crippen LogP contribution >= 0.6 is 15.9 Å². The van der Waals surface area contributed by atoms with Gasteiger partial charge in [-0.15, -0.1) is 0 Å². The lowest BCUT2D eigenvalue weighted by Crippen LogP contribution is -2.10. The zero-order valence-electron chi connectivity index (χ0n) is 9.87. The Hall–Kier alpha value is -1.24. The van der Waals surface area contributed by atoms with E-state index >= 15 is 0 Å². The fraction of sp³-hybridized carbons (Fsp3) is 0.455. The van der Waals surface area contributed by atoms with Gasteiger partial charge in [0.05, 0.1) is 35.9 Å². The van der Waals surface area contributed by atoms with Crippen LogP contribution in [0.3, 0.4) is 0 Å². The van der Waals surface area contributed by atoms with Crippen LogP contribution in [0, 0.1) is 0 Å². The van der Waals surface area contributed by atoms with E-state index in [9.17, 15) is 13.6 Å². The highest BCUT2D eigenvalue weighted by molar-refractivity contribution is 9.10. The number of carbonyl (C=O) groups excluding carboxylic acids is 1. The van der Waals surface area contributed by atoms with E-state index in [0.717, 1.165) is 6.20 Å².